The third-order valence-corrected chi connectivity index (χ3v) is 4.56. The van der Waals surface area contributed by atoms with E-state index < -0.39 is 5.91 Å². The molecule has 1 N–H and O–H groups in total. The average molecular weight is 396 g/mol. The summed E-state index contributed by atoms with van der Waals surface area (Å²) in [6, 6.07) is 12.3. The van der Waals surface area contributed by atoms with Crippen LogP contribution in [0.15, 0.2) is 48.2 Å². The molecule has 0 aliphatic carbocycles. The van der Waals surface area contributed by atoms with Crippen molar-refractivity contribution < 1.29 is 23.8 Å². The highest BCUT2D eigenvalue weighted by atomic mass is 16.5. The summed E-state index contributed by atoms with van der Waals surface area (Å²) >= 11 is 0. The third kappa shape index (κ3) is 4.03. The molecule has 0 aromatic heterocycles. The molecule has 7 nitrogen and oxygen atoms in total. The zero-order valence-corrected chi connectivity index (χ0v) is 16.9. The minimum atomic E-state index is -0.397. The van der Waals surface area contributed by atoms with Crippen molar-refractivity contribution in [2.24, 2.45) is 0 Å². The molecule has 1 aliphatic heterocycles. The Balaban J connectivity index is 1.97. The van der Waals surface area contributed by atoms with E-state index in [1.165, 1.54) is 14.2 Å². The van der Waals surface area contributed by atoms with Gasteiger partial charge in [-0.3, -0.25) is 14.5 Å². The predicted molar refractivity (Wildman–Crippen MR) is 110 cm³/mol. The molecule has 152 valence electrons. The van der Waals surface area contributed by atoms with Crippen LogP contribution >= 0.6 is 0 Å². The number of hydrogen-bond acceptors (Lipinski definition) is 6. The van der Waals surface area contributed by atoms with E-state index in [4.69, 9.17) is 14.2 Å². The Morgan fingerprint density at radius 3 is 2.24 bits per heavy atom. The molecule has 2 amide bonds. The molecule has 7 heteroatoms. The first-order valence-corrected chi connectivity index (χ1v) is 9.29. The smallest absolute Gasteiger partial charge is 0.277 e. The van der Waals surface area contributed by atoms with Crippen LogP contribution in [0.1, 0.15) is 18.9 Å². The highest BCUT2D eigenvalue weighted by Crippen LogP contribution is 2.34. The van der Waals surface area contributed by atoms with Gasteiger partial charge >= 0.3 is 0 Å². The predicted octanol–water partition coefficient (Wildman–Crippen LogP) is 3.31. The maximum Gasteiger partial charge on any atom is 0.277 e. The summed E-state index contributed by atoms with van der Waals surface area (Å²) in [7, 11) is 4.55. The Morgan fingerprint density at radius 2 is 1.62 bits per heavy atom. The summed E-state index contributed by atoms with van der Waals surface area (Å²) in [5.41, 5.74) is 1.77. The van der Waals surface area contributed by atoms with Gasteiger partial charge in [-0.1, -0.05) is 19.1 Å². The topological polar surface area (TPSA) is 77.1 Å². The van der Waals surface area contributed by atoms with E-state index in [0.29, 0.717) is 34.9 Å². The van der Waals surface area contributed by atoms with Crippen LogP contribution in [-0.2, 0) is 9.59 Å². The highest BCUT2D eigenvalue weighted by molar-refractivity contribution is 6.36. The minimum absolute atomic E-state index is 0.215. The van der Waals surface area contributed by atoms with E-state index in [-0.39, 0.29) is 11.6 Å². The quantitative estimate of drug-likeness (QED) is 0.690. The number of anilines is 1. The second-order valence-electron chi connectivity index (χ2n) is 6.49. The molecule has 0 unspecified atom stereocenters. The van der Waals surface area contributed by atoms with E-state index in [1.54, 1.807) is 49.6 Å². The number of nitrogens with zero attached hydrogens (tertiary/aromatic N) is 1. The number of likely N-dealkylation sites (N-methyl/N-ethyl adjacent to an activating group) is 1. The van der Waals surface area contributed by atoms with Gasteiger partial charge in [-0.2, -0.15) is 0 Å². The number of benzene rings is 2. The van der Waals surface area contributed by atoms with Crippen molar-refractivity contribution >= 4 is 23.1 Å². The zero-order chi connectivity index (χ0) is 21.0. The Hall–Kier alpha value is -3.48. The lowest BCUT2D eigenvalue weighted by molar-refractivity contribution is -0.135. The lowest BCUT2D eigenvalue weighted by atomic mass is 10.0. The molecule has 0 fully saturated rings. The first-order valence-electron chi connectivity index (χ1n) is 9.29. The lowest BCUT2D eigenvalue weighted by Crippen LogP contribution is -2.27. The second-order valence-corrected chi connectivity index (χ2v) is 6.49. The zero-order valence-electron chi connectivity index (χ0n) is 16.9. The fourth-order valence-electron chi connectivity index (χ4n) is 3.02. The Morgan fingerprint density at radius 1 is 0.931 bits per heavy atom. The first-order chi connectivity index (χ1) is 14.0. The molecule has 1 heterocycles. The molecule has 29 heavy (non-hydrogen) atoms. The summed E-state index contributed by atoms with van der Waals surface area (Å²) in [5.74, 6) is 1.05. The first kappa shape index (κ1) is 20.3. The molecule has 3 rings (SSSR count). The van der Waals surface area contributed by atoms with Gasteiger partial charge in [0.25, 0.3) is 11.8 Å². The summed E-state index contributed by atoms with van der Waals surface area (Å²) in [4.78, 5) is 26.5. The maximum absolute atomic E-state index is 12.7. The monoisotopic (exact) mass is 396 g/mol. The number of ether oxygens (including phenoxy) is 3. The fourth-order valence-corrected chi connectivity index (χ4v) is 3.02. The van der Waals surface area contributed by atoms with Crippen LogP contribution in [0.4, 0.5) is 5.69 Å². The van der Waals surface area contributed by atoms with Crippen LogP contribution in [0.3, 0.4) is 0 Å². The van der Waals surface area contributed by atoms with Gasteiger partial charge in [0.15, 0.2) is 11.5 Å². The van der Waals surface area contributed by atoms with Crippen molar-refractivity contribution in [1.29, 1.82) is 0 Å². The van der Waals surface area contributed by atoms with E-state index in [9.17, 15) is 9.59 Å². The molecule has 0 radical (unpaired) electrons. The van der Waals surface area contributed by atoms with Crippen LogP contribution in [0.5, 0.6) is 17.2 Å². The van der Waals surface area contributed by atoms with Crippen molar-refractivity contribution in [3.05, 3.63) is 53.7 Å². The van der Waals surface area contributed by atoms with E-state index in [1.807, 2.05) is 6.92 Å². The van der Waals surface area contributed by atoms with Gasteiger partial charge in [-0.05, 0) is 36.2 Å². The Labute approximate surface area is 169 Å². The van der Waals surface area contributed by atoms with Gasteiger partial charge < -0.3 is 19.5 Å². The summed E-state index contributed by atoms with van der Waals surface area (Å²) in [6.45, 7) is 2.65. The molecular weight excluding hydrogens is 372 g/mol. The number of rotatable bonds is 8. The largest absolute Gasteiger partial charge is 0.494 e. The third-order valence-electron chi connectivity index (χ3n) is 4.56. The van der Waals surface area contributed by atoms with Crippen molar-refractivity contribution in [3.8, 4) is 17.2 Å². The number of carbonyl (C=O) groups is 2. The number of methoxy groups -OCH3 is 2. The standard InChI is InChI=1S/C22H24N2O5/c1-5-12-29-16-9-6-14(7-10-16)19-20(22(26)24(2)21(19)25)23-15-8-11-17(27-3)18(13-15)28-4/h6-11,13,23H,5,12H2,1-4H3. The van der Waals surface area contributed by atoms with E-state index in [0.717, 1.165) is 17.1 Å². The summed E-state index contributed by atoms with van der Waals surface area (Å²) in [5, 5.41) is 3.08. The Bertz CT molecular complexity index is 950. The Kier molecular flexibility index (Phi) is 6.07. The molecule has 0 atom stereocenters. The van der Waals surface area contributed by atoms with Crippen LogP contribution in [-0.4, -0.2) is 44.6 Å². The molecular formula is C22H24N2O5. The van der Waals surface area contributed by atoms with Crippen LogP contribution in [0.25, 0.3) is 5.57 Å². The molecule has 0 saturated carbocycles. The lowest BCUT2D eigenvalue weighted by Gasteiger charge is -2.12. The fraction of sp³-hybridized carbons (Fsp3) is 0.273. The summed E-state index contributed by atoms with van der Waals surface area (Å²) in [6.07, 6.45) is 0.907. The molecule has 0 saturated heterocycles. The van der Waals surface area contributed by atoms with E-state index >= 15 is 0 Å². The van der Waals surface area contributed by atoms with E-state index in [2.05, 4.69) is 5.32 Å². The van der Waals surface area contributed by atoms with Gasteiger partial charge in [0.1, 0.15) is 11.4 Å². The van der Waals surface area contributed by atoms with Crippen LogP contribution < -0.4 is 19.5 Å². The van der Waals surface area contributed by atoms with Crippen molar-refractivity contribution in [3.63, 3.8) is 0 Å². The summed E-state index contributed by atoms with van der Waals surface area (Å²) < 4.78 is 16.1. The highest BCUT2D eigenvalue weighted by Gasteiger charge is 2.36. The number of imide groups is 1. The number of hydrogen-bond donors (Lipinski definition) is 1. The molecule has 0 spiro atoms. The van der Waals surface area contributed by atoms with Gasteiger partial charge in [0, 0.05) is 18.8 Å². The minimum Gasteiger partial charge on any atom is -0.494 e. The molecule has 2 aromatic rings. The van der Waals surface area contributed by atoms with Crippen LogP contribution in [0.2, 0.25) is 0 Å². The number of amides is 2. The van der Waals surface area contributed by atoms with Gasteiger partial charge in [0.05, 0.1) is 26.4 Å². The number of carbonyl (C=O) groups excluding carboxylic acids is 2. The normalized spacial score (nSPS) is 13.7. The average Bonchev–Trinajstić information content (AvgIpc) is 2.96. The molecule has 1 aliphatic rings. The molecule has 2 aromatic carbocycles. The van der Waals surface area contributed by atoms with Crippen molar-refractivity contribution in [2.75, 3.05) is 33.2 Å². The van der Waals surface area contributed by atoms with Crippen molar-refractivity contribution in [1.82, 2.24) is 4.90 Å². The molecule has 0 bridgehead atoms. The van der Waals surface area contributed by atoms with Gasteiger partial charge in [-0.15, -0.1) is 0 Å². The second kappa shape index (κ2) is 8.68. The van der Waals surface area contributed by atoms with Gasteiger partial charge in [0.2, 0.25) is 0 Å². The number of nitrogens with one attached hydrogen (secondary N) is 1. The SMILES string of the molecule is CCCOc1ccc(C2=C(Nc3ccc(OC)c(OC)c3)C(=O)N(C)C2=O)cc1. The van der Waals surface area contributed by atoms with Crippen LogP contribution in [0, 0.1) is 0 Å². The van der Waals surface area contributed by atoms with Gasteiger partial charge in [-0.25, -0.2) is 0 Å². The maximum atomic E-state index is 12.7. The van der Waals surface area contributed by atoms with Crippen molar-refractivity contribution in [2.45, 2.75) is 13.3 Å².